The first kappa shape index (κ1) is 15.6. The van der Waals surface area contributed by atoms with E-state index in [2.05, 4.69) is 45.9 Å². The third-order valence-electron chi connectivity index (χ3n) is 5.12. The van der Waals surface area contributed by atoms with Gasteiger partial charge in [-0.15, -0.1) is 0 Å². The second kappa shape index (κ2) is 6.76. The normalized spacial score (nSPS) is 24.9. The van der Waals surface area contributed by atoms with Gasteiger partial charge in [0.1, 0.15) is 0 Å². The van der Waals surface area contributed by atoms with Crippen LogP contribution in [0.4, 0.5) is 0 Å². The molecule has 1 aromatic carbocycles. The SMILES string of the molecule is Cc1cc(C)cc(CC(N)C2CCC(C(C)C)CC2)c1. The molecule has 0 spiro atoms. The van der Waals surface area contributed by atoms with E-state index < -0.39 is 0 Å². The van der Waals surface area contributed by atoms with Crippen molar-refractivity contribution in [2.24, 2.45) is 23.5 Å². The first-order valence-corrected chi connectivity index (χ1v) is 8.28. The quantitative estimate of drug-likeness (QED) is 0.850. The molecule has 0 amide bonds. The predicted molar refractivity (Wildman–Crippen MR) is 87.9 cm³/mol. The van der Waals surface area contributed by atoms with Crippen LogP contribution in [-0.4, -0.2) is 6.04 Å². The molecule has 1 aliphatic rings. The van der Waals surface area contributed by atoms with E-state index in [0.717, 1.165) is 24.2 Å². The van der Waals surface area contributed by atoms with E-state index >= 15 is 0 Å². The van der Waals surface area contributed by atoms with E-state index in [1.807, 2.05) is 0 Å². The minimum atomic E-state index is 0.337. The minimum absolute atomic E-state index is 0.337. The van der Waals surface area contributed by atoms with Crippen LogP contribution in [0.5, 0.6) is 0 Å². The third-order valence-corrected chi connectivity index (χ3v) is 5.12. The molecule has 1 nitrogen and oxygen atoms in total. The first-order valence-electron chi connectivity index (χ1n) is 8.28. The molecule has 1 fully saturated rings. The Labute approximate surface area is 125 Å². The number of nitrogens with two attached hydrogens (primary N) is 1. The zero-order valence-corrected chi connectivity index (χ0v) is 13.7. The summed E-state index contributed by atoms with van der Waals surface area (Å²) in [5.74, 6) is 2.50. The van der Waals surface area contributed by atoms with Crippen LogP contribution in [0, 0.1) is 31.6 Å². The molecular formula is C19H31N. The van der Waals surface area contributed by atoms with Gasteiger partial charge < -0.3 is 5.73 Å². The Kier molecular flexibility index (Phi) is 5.26. The van der Waals surface area contributed by atoms with Crippen LogP contribution >= 0.6 is 0 Å². The van der Waals surface area contributed by atoms with Gasteiger partial charge >= 0.3 is 0 Å². The number of rotatable bonds is 4. The molecular weight excluding hydrogens is 242 g/mol. The Morgan fingerprint density at radius 2 is 1.45 bits per heavy atom. The smallest absolute Gasteiger partial charge is 0.0108 e. The van der Waals surface area contributed by atoms with Crippen LogP contribution < -0.4 is 5.73 Å². The lowest BCUT2D eigenvalue weighted by Gasteiger charge is -2.34. The molecule has 0 saturated heterocycles. The molecule has 2 N–H and O–H groups in total. The third kappa shape index (κ3) is 4.09. The van der Waals surface area contributed by atoms with Crippen molar-refractivity contribution in [3.8, 4) is 0 Å². The average molecular weight is 273 g/mol. The molecule has 1 atom stereocenters. The number of hydrogen-bond donors (Lipinski definition) is 1. The summed E-state index contributed by atoms with van der Waals surface area (Å²) in [6.45, 7) is 9.08. The van der Waals surface area contributed by atoms with Crippen LogP contribution in [0.1, 0.15) is 56.2 Å². The van der Waals surface area contributed by atoms with Crippen molar-refractivity contribution >= 4 is 0 Å². The summed E-state index contributed by atoms with van der Waals surface area (Å²) < 4.78 is 0. The Morgan fingerprint density at radius 3 is 1.95 bits per heavy atom. The number of benzene rings is 1. The molecule has 2 rings (SSSR count). The van der Waals surface area contributed by atoms with Gasteiger partial charge in [0.05, 0.1) is 0 Å². The maximum absolute atomic E-state index is 6.50. The van der Waals surface area contributed by atoms with Crippen molar-refractivity contribution in [2.75, 3.05) is 0 Å². The first-order chi connectivity index (χ1) is 9.45. The summed E-state index contributed by atoms with van der Waals surface area (Å²) in [5.41, 5.74) is 10.6. The van der Waals surface area contributed by atoms with Crippen LogP contribution in [0.15, 0.2) is 18.2 Å². The monoisotopic (exact) mass is 273 g/mol. The van der Waals surface area contributed by atoms with Crippen LogP contribution in [0.3, 0.4) is 0 Å². The Balaban J connectivity index is 1.91. The van der Waals surface area contributed by atoms with Crippen molar-refractivity contribution in [1.29, 1.82) is 0 Å². The summed E-state index contributed by atoms with van der Waals surface area (Å²) in [7, 11) is 0. The lowest BCUT2D eigenvalue weighted by atomic mass is 9.74. The number of hydrogen-bond acceptors (Lipinski definition) is 1. The highest BCUT2D eigenvalue weighted by Gasteiger charge is 2.27. The van der Waals surface area contributed by atoms with Crippen molar-refractivity contribution in [3.63, 3.8) is 0 Å². The Bertz CT molecular complexity index is 407. The van der Waals surface area contributed by atoms with E-state index in [4.69, 9.17) is 5.73 Å². The molecule has 112 valence electrons. The Hall–Kier alpha value is -0.820. The molecule has 1 aliphatic carbocycles. The zero-order chi connectivity index (χ0) is 14.7. The molecule has 1 heteroatoms. The van der Waals surface area contributed by atoms with E-state index in [1.54, 1.807) is 0 Å². The maximum atomic E-state index is 6.50. The second-order valence-corrected chi connectivity index (χ2v) is 7.28. The van der Waals surface area contributed by atoms with Crippen molar-refractivity contribution in [3.05, 3.63) is 34.9 Å². The molecule has 1 aromatic rings. The molecule has 0 bridgehead atoms. The lowest BCUT2D eigenvalue weighted by molar-refractivity contribution is 0.202. The van der Waals surface area contributed by atoms with Crippen molar-refractivity contribution in [1.82, 2.24) is 0 Å². The van der Waals surface area contributed by atoms with Gasteiger partial charge in [0.15, 0.2) is 0 Å². The fourth-order valence-corrected chi connectivity index (χ4v) is 3.87. The highest BCUT2D eigenvalue weighted by atomic mass is 14.7. The van der Waals surface area contributed by atoms with Gasteiger partial charge in [-0.25, -0.2) is 0 Å². The van der Waals surface area contributed by atoms with Crippen molar-refractivity contribution in [2.45, 2.75) is 65.8 Å². The van der Waals surface area contributed by atoms with Crippen LogP contribution in [-0.2, 0) is 6.42 Å². The molecule has 1 unspecified atom stereocenters. The van der Waals surface area contributed by atoms with Gasteiger partial charge in [-0.3, -0.25) is 0 Å². The van der Waals surface area contributed by atoms with Gasteiger partial charge in [0.25, 0.3) is 0 Å². The molecule has 0 aromatic heterocycles. The van der Waals surface area contributed by atoms with Crippen molar-refractivity contribution < 1.29 is 0 Å². The Morgan fingerprint density at radius 1 is 0.950 bits per heavy atom. The average Bonchev–Trinajstić information content (AvgIpc) is 2.37. The van der Waals surface area contributed by atoms with Gasteiger partial charge in [0.2, 0.25) is 0 Å². The molecule has 0 heterocycles. The fraction of sp³-hybridized carbons (Fsp3) is 0.684. The molecule has 0 aliphatic heterocycles. The van der Waals surface area contributed by atoms with Crippen LogP contribution in [0.25, 0.3) is 0 Å². The van der Waals surface area contributed by atoms with E-state index in [1.165, 1.54) is 42.4 Å². The largest absolute Gasteiger partial charge is 0.327 e. The maximum Gasteiger partial charge on any atom is 0.0108 e. The molecule has 1 saturated carbocycles. The predicted octanol–water partition coefficient (Wildman–Crippen LogP) is 4.64. The zero-order valence-electron chi connectivity index (χ0n) is 13.7. The molecule has 20 heavy (non-hydrogen) atoms. The highest BCUT2D eigenvalue weighted by Crippen LogP contribution is 2.35. The van der Waals surface area contributed by atoms with E-state index in [-0.39, 0.29) is 0 Å². The van der Waals surface area contributed by atoms with Crippen LogP contribution in [0.2, 0.25) is 0 Å². The summed E-state index contributed by atoms with van der Waals surface area (Å²) in [6, 6.07) is 7.17. The van der Waals surface area contributed by atoms with Gasteiger partial charge in [-0.05, 0) is 69.3 Å². The topological polar surface area (TPSA) is 26.0 Å². The standard InChI is InChI=1S/C19H31N/c1-13(2)17-5-7-18(8-6-17)19(20)12-16-10-14(3)9-15(4)11-16/h9-11,13,17-19H,5-8,12,20H2,1-4H3. The summed E-state index contributed by atoms with van der Waals surface area (Å²) in [5, 5.41) is 0. The minimum Gasteiger partial charge on any atom is -0.327 e. The second-order valence-electron chi connectivity index (χ2n) is 7.28. The van der Waals surface area contributed by atoms with Gasteiger partial charge in [-0.1, -0.05) is 43.2 Å². The fourth-order valence-electron chi connectivity index (χ4n) is 3.87. The van der Waals surface area contributed by atoms with Gasteiger partial charge in [0, 0.05) is 6.04 Å². The highest BCUT2D eigenvalue weighted by molar-refractivity contribution is 5.29. The summed E-state index contributed by atoms with van der Waals surface area (Å²) in [4.78, 5) is 0. The lowest BCUT2D eigenvalue weighted by Crippen LogP contribution is -2.35. The summed E-state index contributed by atoms with van der Waals surface area (Å²) >= 11 is 0. The van der Waals surface area contributed by atoms with Gasteiger partial charge in [-0.2, -0.15) is 0 Å². The molecule has 0 radical (unpaired) electrons. The summed E-state index contributed by atoms with van der Waals surface area (Å²) in [6.07, 6.45) is 6.45. The van der Waals surface area contributed by atoms with E-state index in [9.17, 15) is 0 Å². The number of aryl methyl sites for hydroxylation is 2. The van der Waals surface area contributed by atoms with E-state index in [0.29, 0.717) is 6.04 Å².